The topological polar surface area (TPSA) is 72.5 Å². The number of pyridine rings is 1. The molecule has 0 aliphatic carbocycles. The fraction of sp³-hybridized carbons (Fsp3) is 0.182. The van der Waals surface area contributed by atoms with Crippen molar-refractivity contribution in [2.24, 2.45) is 0 Å². The van der Waals surface area contributed by atoms with Crippen LogP contribution in [0.2, 0.25) is 0 Å². The molecule has 1 aromatic heterocycles. The van der Waals surface area contributed by atoms with Crippen LogP contribution in [0.15, 0.2) is 54.7 Å². The van der Waals surface area contributed by atoms with Gasteiger partial charge in [0, 0.05) is 29.2 Å². The zero-order chi connectivity index (χ0) is 20.1. The van der Waals surface area contributed by atoms with Gasteiger partial charge in [-0.1, -0.05) is 6.07 Å². The molecule has 0 aliphatic heterocycles. The lowest BCUT2D eigenvalue weighted by atomic mass is 10.1. The van der Waals surface area contributed by atoms with Crippen LogP contribution in [0.3, 0.4) is 0 Å². The van der Waals surface area contributed by atoms with E-state index in [9.17, 15) is 4.79 Å². The highest BCUT2D eigenvalue weighted by Crippen LogP contribution is 2.30. The molecule has 3 aromatic rings. The summed E-state index contributed by atoms with van der Waals surface area (Å²) in [7, 11) is 3.17. The van der Waals surface area contributed by atoms with Gasteiger partial charge < -0.3 is 20.1 Å². The zero-order valence-corrected chi connectivity index (χ0v) is 16.4. The number of nitrogens with one attached hydrogen (secondary N) is 2. The van der Waals surface area contributed by atoms with E-state index >= 15 is 0 Å². The minimum absolute atomic E-state index is 0.192. The van der Waals surface area contributed by atoms with Crippen LogP contribution in [-0.2, 0) is 0 Å². The van der Waals surface area contributed by atoms with Crippen LogP contribution in [0.1, 0.15) is 21.5 Å². The van der Waals surface area contributed by atoms with Crippen LogP contribution in [0, 0.1) is 13.8 Å². The SMILES string of the molecule is COc1ccc(Nc2cc(C(=O)Nc3cc(C)cc(C)c3)ccn2)cc1OC. The Morgan fingerprint density at radius 3 is 2.25 bits per heavy atom. The van der Waals surface area contributed by atoms with Gasteiger partial charge in [-0.2, -0.15) is 0 Å². The molecule has 0 fully saturated rings. The number of ether oxygens (including phenoxy) is 2. The van der Waals surface area contributed by atoms with Gasteiger partial charge >= 0.3 is 0 Å². The first-order valence-electron chi connectivity index (χ1n) is 8.83. The Kier molecular flexibility index (Phi) is 5.79. The maximum absolute atomic E-state index is 12.6. The Labute approximate surface area is 164 Å². The fourth-order valence-corrected chi connectivity index (χ4v) is 2.95. The molecule has 0 saturated carbocycles. The second-order valence-electron chi connectivity index (χ2n) is 6.46. The van der Waals surface area contributed by atoms with Crippen LogP contribution in [-0.4, -0.2) is 25.1 Å². The normalized spacial score (nSPS) is 10.3. The lowest BCUT2D eigenvalue weighted by Gasteiger charge is -2.12. The second kappa shape index (κ2) is 8.43. The van der Waals surface area contributed by atoms with Gasteiger partial charge in [0.2, 0.25) is 0 Å². The molecule has 0 aliphatic rings. The number of carbonyl (C=O) groups excluding carboxylic acids is 1. The first-order valence-corrected chi connectivity index (χ1v) is 8.83. The zero-order valence-electron chi connectivity index (χ0n) is 16.4. The summed E-state index contributed by atoms with van der Waals surface area (Å²) >= 11 is 0. The van der Waals surface area contributed by atoms with Gasteiger partial charge in [-0.15, -0.1) is 0 Å². The summed E-state index contributed by atoms with van der Waals surface area (Å²) in [6, 6.07) is 14.8. The van der Waals surface area contributed by atoms with E-state index in [1.54, 1.807) is 38.6 Å². The van der Waals surface area contributed by atoms with E-state index < -0.39 is 0 Å². The molecule has 0 bridgehead atoms. The highest BCUT2D eigenvalue weighted by Gasteiger charge is 2.10. The van der Waals surface area contributed by atoms with Gasteiger partial charge in [0.05, 0.1) is 14.2 Å². The van der Waals surface area contributed by atoms with Crippen molar-refractivity contribution < 1.29 is 14.3 Å². The average Bonchev–Trinajstić information content (AvgIpc) is 2.67. The number of amides is 1. The van der Waals surface area contributed by atoms with Crippen molar-refractivity contribution in [2.45, 2.75) is 13.8 Å². The summed E-state index contributed by atoms with van der Waals surface area (Å²) in [6.45, 7) is 4.00. The molecule has 3 rings (SSSR count). The summed E-state index contributed by atoms with van der Waals surface area (Å²) in [5, 5.41) is 6.11. The predicted octanol–water partition coefficient (Wildman–Crippen LogP) is 4.71. The molecule has 144 valence electrons. The molecule has 0 spiro atoms. The van der Waals surface area contributed by atoms with Crippen molar-refractivity contribution in [1.29, 1.82) is 0 Å². The first-order chi connectivity index (χ1) is 13.5. The number of rotatable bonds is 6. The maximum atomic E-state index is 12.6. The summed E-state index contributed by atoms with van der Waals surface area (Å²) in [6.07, 6.45) is 1.60. The minimum Gasteiger partial charge on any atom is -0.493 e. The van der Waals surface area contributed by atoms with Gasteiger partial charge in [0.1, 0.15) is 5.82 Å². The van der Waals surface area contributed by atoms with Gasteiger partial charge in [-0.25, -0.2) is 4.98 Å². The number of hydrogen-bond donors (Lipinski definition) is 2. The summed E-state index contributed by atoms with van der Waals surface area (Å²) in [5.74, 6) is 1.61. The van der Waals surface area contributed by atoms with Gasteiger partial charge in [-0.3, -0.25) is 4.79 Å². The molecule has 1 amide bonds. The van der Waals surface area contributed by atoms with Crippen molar-refractivity contribution >= 4 is 23.1 Å². The van der Waals surface area contributed by atoms with Gasteiger partial charge in [-0.05, 0) is 61.4 Å². The minimum atomic E-state index is -0.192. The van der Waals surface area contributed by atoms with E-state index in [0.717, 1.165) is 22.5 Å². The van der Waals surface area contributed by atoms with Crippen molar-refractivity contribution in [3.05, 3.63) is 71.4 Å². The molecule has 2 N–H and O–H groups in total. The third-order valence-corrected chi connectivity index (χ3v) is 4.16. The van der Waals surface area contributed by atoms with Crippen LogP contribution in [0.4, 0.5) is 17.2 Å². The molecule has 6 nitrogen and oxygen atoms in total. The highest BCUT2D eigenvalue weighted by molar-refractivity contribution is 6.04. The monoisotopic (exact) mass is 377 g/mol. The molecule has 0 radical (unpaired) electrons. The Balaban J connectivity index is 1.77. The largest absolute Gasteiger partial charge is 0.493 e. The van der Waals surface area contributed by atoms with Gasteiger partial charge in [0.25, 0.3) is 5.91 Å². The number of aryl methyl sites for hydroxylation is 2. The Bertz CT molecular complexity index is 982. The number of nitrogens with zero attached hydrogens (tertiary/aromatic N) is 1. The highest BCUT2D eigenvalue weighted by atomic mass is 16.5. The number of aromatic nitrogens is 1. The van der Waals surface area contributed by atoms with E-state index in [4.69, 9.17) is 9.47 Å². The summed E-state index contributed by atoms with van der Waals surface area (Å²) < 4.78 is 10.6. The lowest BCUT2D eigenvalue weighted by Crippen LogP contribution is -2.12. The lowest BCUT2D eigenvalue weighted by molar-refractivity contribution is 0.102. The maximum Gasteiger partial charge on any atom is 0.255 e. The van der Waals surface area contributed by atoms with Crippen LogP contribution < -0.4 is 20.1 Å². The number of hydrogen-bond acceptors (Lipinski definition) is 5. The van der Waals surface area contributed by atoms with E-state index in [1.165, 1.54) is 0 Å². The van der Waals surface area contributed by atoms with Crippen molar-refractivity contribution in [1.82, 2.24) is 4.98 Å². The molecule has 28 heavy (non-hydrogen) atoms. The third-order valence-electron chi connectivity index (χ3n) is 4.16. The smallest absolute Gasteiger partial charge is 0.255 e. The van der Waals surface area contributed by atoms with Gasteiger partial charge in [0.15, 0.2) is 11.5 Å². The predicted molar refractivity (Wildman–Crippen MR) is 111 cm³/mol. The van der Waals surface area contributed by atoms with E-state index in [0.29, 0.717) is 22.9 Å². The van der Waals surface area contributed by atoms with E-state index in [1.807, 2.05) is 38.1 Å². The standard InChI is InChI=1S/C22H23N3O3/c1-14-9-15(2)11-18(10-14)25-22(26)16-7-8-23-21(12-16)24-17-5-6-19(27-3)20(13-17)28-4/h5-13H,1-4H3,(H,23,24)(H,25,26). The Morgan fingerprint density at radius 1 is 0.857 bits per heavy atom. The van der Waals surface area contributed by atoms with E-state index in [-0.39, 0.29) is 5.91 Å². The van der Waals surface area contributed by atoms with Crippen LogP contribution >= 0.6 is 0 Å². The van der Waals surface area contributed by atoms with E-state index in [2.05, 4.69) is 21.7 Å². The fourth-order valence-electron chi connectivity index (χ4n) is 2.95. The van der Waals surface area contributed by atoms with Crippen molar-refractivity contribution in [3.63, 3.8) is 0 Å². The molecule has 2 aromatic carbocycles. The molecule has 0 saturated heterocycles. The average molecular weight is 377 g/mol. The van der Waals surface area contributed by atoms with Crippen LogP contribution in [0.5, 0.6) is 11.5 Å². The summed E-state index contributed by atoms with van der Waals surface area (Å²) in [5.41, 5.74) is 4.25. The van der Waals surface area contributed by atoms with Crippen molar-refractivity contribution in [3.8, 4) is 11.5 Å². The molecular weight excluding hydrogens is 354 g/mol. The second-order valence-corrected chi connectivity index (χ2v) is 6.46. The third kappa shape index (κ3) is 4.59. The molecular formula is C22H23N3O3. The first kappa shape index (κ1) is 19.2. The van der Waals surface area contributed by atoms with Crippen molar-refractivity contribution in [2.75, 3.05) is 24.9 Å². The molecule has 6 heteroatoms. The molecule has 0 unspecified atom stereocenters. The van der Waals surface area contributed by atoms with Crippen LogP contribution in [0.25, 0.3) is 0 Å². The number of benzene rings is 2. The Hall–Kier alpha value is -3.54. The molecule has 0 atom stereocenters. The summed E-state index contributed by atoms with van der Waals surface area (Å²) in [4.78, 5) is 16.9. The quantitative estimate of drug-likeness (QED) is 0.651. The number of carbonyl (C=O) groups is 1. The number of methoxy groups -OCH3 is 2. The molecule has 1 heterocycles. The number of anilines is 3. The Morgan fingerprint density at radius 2 is 1.57 bits per heavy atom.